The van der Waals surface area contributed by atoms with E-state index >= 15 is 0 Å². The molecule has 2 aromatic rings. The second-order valence-corrected chi connectivity index (χ2v) is 4.31. The van der Waals surface area contributed by atoms with E-state index in [1.165, 1.54) is 0 Å². The Morgan fingerprint density at radius 2 is 1.94 bits per heavy atom. The van der Waals surface area contributed by atoms with Crippen molar-refractivity contribution in [3.05, 3.63) is 53.7 Å². The van der Waals surface area contributed by atoms with Gasteiger partial charge in [-0.2, -0.15) is 0 Å². The van der Waals surface area contributed by atoms with E-state index in [0.717, 1.165) is 17.2 Å². The van der Waals surface area contributed by atoms with E-state index in [1.807, 2.05) is 43.5 Å². The molecule has 90 valence electrons. The summed E-state index contributed by atoms with van der Waals surface area (Å²) in [6.07, 6.45) is 1.81. The molecule has 2 heterocycles. The van der Waals surface area contributed by atoms with E-state index in [0.29, 0.717) is 0 Å². The summed E-state index contributed by atoms with van der Waals surface area (Å²) >= 11 is 0. The Kier molecular flexibility index (Phi) is 3.59. The highest BCUT2D eigenvalue weighted by atomic mass is 16.3. The quantitative estimate of drug-likeness (QED) is 0.874. The summed E-state index contributed by atoms with van der Waals surface area (Å²) in [5, 5.41) is 3.47. The topological polar surface area (TPSA) is 38.1 Å². The van der Waals surface area contributed by atoms with E-state index in [-0.39, 0.29) is 12.1 Å². The molecule has 2 aromatic heterocycles. The SMILES string of the molecule is Cc1ccc(C(C)NC(C)c2ccccn2)o1. The summed E-state index contributed by atoms with van der Waals surface area (Å²) in [6.45, 7) is 6.16. The van der Waals surface area contributed by atoms with Crippen LogP contribution in [0.4, 0.5) is 0 Å². The number of rotatable bonds is 4. The lowest BCUT2D eigenvalue weighted by Gasteiger charge is -2.17. The predicted molar refractivity (Wildman–Crippen MR) is 67.6 cm³/mol. The van der Waals surface area contributed by atoms with Crippen LogP contribution in [0.1, 0.15) is 43.1 Å². The minimum absolute atomic E-state index is 0.181. The summed E-state index contributed by atoms with van der Waals surface area (Å²) in [4.78, 5) is 4.34. The van der Waals surface area contributed by atoms with Crippen LogP contribution < -0.4 is 5.32 Å². The normalized spacial score (nSPS) is 14.5. The second-order valence-electron chi connectivity index (χ2n) is 4.31. The van der Waals surface area contributed by atoms with Crippen LogP contribution in [0, 0.1) is 6.92 Å². The highest BCUT2D eigenvalue weighted by Crippen LogP contribution is 2.19. The van der Waals surface area contributed by atoms with Crippen molar-refractivity contribution in [2.24, 2.45) is 0 Å². The van der Waals surface area contributed by atoms with Crippen LogP contribution in [0.15, 0.2) is 40.9 Å². The number of aromatic nitrogens is 1. The Labute approximate surface area is 102 Å². The third-order valence-electron chi connectivity index (χ3n) is 2.82. The second kappa shape index (κ2) is 5.15. The first-order valence-corrected chi connectivity index (χ1v) is 5.90. The summed E-state index contributed by atoms with van der Waals surface area (Å²) < 4.78 is 5.60. The van der Waals surface area contributed by atoms with E-state index < -0.39 is 0 Å². The molecule has 0 aliphatic heterocycles. The molecule has 0 fully saturated rings. The first-order chi connectivity index (χ1) is 8.16. The molecule has 0 spiro atoms. The molecule has 2 unspecified atom stereocenters. The van der Waals surface area contributed by atoms with Gasteiger partial charge in [0.2, 0.25) is 0 Å². The third kappa shape index (κ3) is 2.94. The van der Waals surface area contributed by atoms with Crippen molar-refractivity contribution in [1.82, 2.24) is 10.3 Å². The van der Waals surface area contributed by atoms with Crippen LogP contribution in [0.25, 0.3) is 0 Å². The monoisotopic (exact) mass is 230 g/mol. The number of nitrogens with zero attached hydrogens (tertiary/aromatic N) is 1. The van der Waals surface area contributed by atoms with Gasteiger partial charge in [-0.3, -0.25) is 10.3 Å². The molecular formula is C14H18N2O. The Morgan fingerprint density at radius 3 is 2.53 bits per heavy atom. The van der Waals surface area contributed by atoms with E-state index in [9.17, 15) is 0 Å². The van der Waals surface area contributed by atoms with Gasteiger partial charge in [0.05, 0.1) is 11.7 Å². The van der Waals surface area contributed by atoms with Gasteiger partial charge in [-0.1, -0.05) is 6.07 Å². The predicted octanol–water partition coefficient (Wildman–Crippen LogP) is 3.39. The highest BCUT2D eigenvalue weighted by Gasteiger charge is 2.14. The average molecular weight is 230 g/mol. The van der Waals surface area contributed by atoms with Crippen molar-refractivity contribution < 1.29 is 4.42 Å². The minimum atomic E-state index is 0.181. The fourth-order valence-electron chi connectivity index (χ4n) is 1.86. The zero-order chi connectivity index (χ0) is 12.3. The summed E-state index contributed by atoms with van der Waals surface area (Å²) in [5.41, 5.74) is 1.04. The molecule has 0 amide bonds. The minimum Gasteiger partial charge on any atom is -0.465 e. The molecular weight excluding hydrogens is 212 g/mol. The molecule has 0 saturated carbocycles. The van der Waals surface area contributed by atoms with Crippen molar-refractivity contribution in [2.75, 3.05) is 0 Å². The van der Waals surface area contributed by atoms with Gasteiger partial charge in [0.25, 0.3) is 0 Å². The summed E-state index contributed by atoms with van der Waals surface area (Å²) in [5.74, 6) is 1.91. The average Bonchev–Trinajstić information content (AvgIpc) is 2.77. The van der Waals surface area contributed by atoms with Crippen molar-refractivity contribution in [3.8, 4) is 0 Å². The molecule has 2 atom stereocenters. The smallest absolute Gasteiger partial charge is 0.120 e. The van der Waals surface area contributed by atoms with Crippen LogP contribution in [-0.4, -0.2) is 4.98 Å². The maximum atomic E-state index is 5.60. The van der Waals surface area contributed by atoms with Crippen LogP contribution in [0.5, 0.6) is 0 Å². The molecule has 3 nitrogen and oxygen atoms in total. The van der Waals surface area contributed by atoms with Gasteiger partial charge < -0.3 is 4.42 Å². The van der Waals surface area contributed by atoms with Gasteiger partial charge >= 0.3 is 0 Å². The number of hydrogen-bond acceptors (Lipinski definition) is 3. The van der Waals surface area contributed by atoms with Crippen LogP contribution in [0.2, 0.25) is 0 Å². The number of pyridine rings is 1. The molecule has 17 heavy (non-hydrogen) atoms. The lowest BCUT2D eigenvalue weighted by Crippen LogP contribution is -2.22. The lowest BCUT2D eigenvalue weighted by atomic mass is 10.1. The van der Waals surface area contributed by atoms with Gasteiger partial charge in [0, 0.05) is 12.2 Å². The van der Waals surface area contributed by atoms with Gasteiger partial charge in [-0.15, -0.1) is 0 Å². The molecule has 3 heteroatoms. The molecule has 0 bridgehead atoms. The lowest BCUT2D eigenvalue weighted by molar-refractivity contribution is 0.390. The van der Waals surface area contributed by atoms with Gasteiger partial charge in [-0.05, 0) is 45.0 Å². The Hall–Kier alpha value is -1.61. The fourth-order valence-corrected chi connectivity index (χ4v) is 1.86. The Bertz CT molecular complexity index is 464. The number of hydrogen-bond donors (Lipinski definition) is 1. The third-order valence-corrected chi connectivity index (χ3v) is 2.82. The molecule has 1 N–H and O–H groups in total. The first kappa shape index (κ1) is 11.9. The van der Waals surface area contributed by atoms with E-state index in [2.05, 4.69) is 24.1 Å². The van der Waals surface area contributed by atoms with Gasteiger partial charge in [-0.25, -0.2) is 0 Å². The number of nitrogens with one attached hydrogen (secondary N) is 1. The zero-order valence-corrected chi connectivity index (χ0v) is 10.5. The van der Waals surface area contributed by atoms with Crippen LogP contribution in [-0.2, 0) is 0 Å². The maximum Gasteiger partial charge on any atom is 0.120 e. The molecule has 0 aliphatic carbocycles. The van der Waals surface area contributed by atoms with Crippen molar-refractivity contribution in [1.29, 1.82) is 0 Å². The summed E-state index contributed by atoms with van der Waals surface area (Å²) in [6, 6.07) is 10.3. The zero-order valence-electron chi connectivity index (χ0n) is 10.5. The number of furan rings is 1. The Balaban J connectivity index is 2.02. The largest absolute Gasteiger partial charge is 0.465 e. The van der Waals surface area contributed by atoms with Crippen molar-refractivity contribution in [2.45, 2.75) is 32.9 Å². The molecule has 0 aromatic carbocycles. The van der Waals surface area contributed by atoms with Crippen LogP contribution in [0.3, 0.4) is 0 Å². The Morgan fingerprint density at radius 1 is 1.12 bits per heavy atom. The first-order valence-electron chi connectivity index (χ1n) is 5.90. The maximum absolute atomic E-state index is 5.60. The van der Waals surface area contributed by atoms with Gasteiger partial charge in [0.15, 0.2) is 0 Å². The van der Waals surface area contributed by atoms with E-state index in [1.54, 1.807) is 0 Å². The molecule has 0 saturated heterocycles. The highest BCUT2D eigenvalue weighted by molar-refractivity contribution is 5.12. The molecule has 0 aliphatic rings. The van der Waals surface area contributed by atoms with Gasteiger partial charge in [0.1, 0.15) is 11.5 Å². The van der Waals surface area contributed by atoms with Crippen molar-refractivity contribution in [3.63, 3.8) is 0 Å². The standard InChI is InChI=1S/C14H18N2O/c1-10-7-8-14(17-10)12(3)16-11(2)13-6-4-5-9-15-13/h4-9,11-12,16H,1-3H3. The summed E-state index contributed by atoms with van der Waals surface area (Å²) in [7, 11) is 0. The number of aryl methyl sites for hydroxylation is 1. The van der Waals surface area contributed by atoms with Crippen molar-refractivity contribution >= 4 is 0 Å². The molecule has 2 rings (SSSR count). The molecule has 0 radical (unpaired) electrons. The fraction of sp³-hybridized carbons (Fsp3) is 0.357. The van der Waals surface area contributed by atoms with E-state index in [4.69, 9.17) is 4.42 Å². The van der Waals surface area contributed by atoms with Crippen LogP contribution >= 0.6 is 0 Å².